The molecule has 0 aliphatic carbocycles. The van der Waals surface area contributed by atoms with Crippen LogP contribution in [0.3, 0.4) is 0 Å². The first-order valence-electron chi connectivity index (χ1n) is 9.06. The number of hydrogen-bond donors (Lipinski definition) is 1. The third kappa shape index (κ3) is 4.35. The predicted molar refractivity (Wildman–Crippen MR) is 98.7 cm³/mol. The Labute approximate surface area is 158 Å². The summed E-state index contributed by atoms with van der Waals surface area (Å²) >= 11 is 5.86. The van der Waals surface area contributed by atoms with Gasteiger partial charge in [-0.05, 0) is 49.9 Å². The molecule has 0 unspecified atom stereocenters. The molecule has 0 radical (unpaired) electrons. The van der Waals surface area contributed by atoms with Crippen LogP contribution in [-0.2, 0) is 4.79 Å². The summed E-state index contributed by atoms with van der Waals surface area (Å²) in [5, 5.41) is 13.0. The van der Waals surface area contributed by atoms with Crippen molar-refractivity contribution in [1.29, 1.82) is 5.26 Å². The lowest BCUT2D eigenvalue weighted by atomic mass is 10.0. The number of hydrogen-bond acceptors (Lipinski definition) is 4. The fourth-order valence-electron chi connectivity index (χ4n) is 3.59. The van der Waals surface area contributed by atoms with Crippen LogP contribution in [0, 0.1) is 11.3 Å². The molecule has 2 aliphatic rings. The molecule has 26 heavy (non-hydrogen) atoms. The Kier molecular flexibility index (Phi) is 6.12. The number of nitrogens with one attached hydrogen (secondary N) is 1. The van der Waals surface area contributed by atoms with Gasteiger partial charge in [-0.3, -0.25) is 9.59 Å². The van der Waals surface area contributed by atoms with Gasteiger partial charge in [-0.15, -0.1) is 0 Å². The van der Waals surface area contributed by atoms with Crippen molar-refractivity contribution in [3.8, 4) is 6.07 Å². The summed E-state index contributed by atoms with van der Waals surface area (Å²) in [6.07, 6.45) is 3.30. The van der Waals surface area contributed by atoms with E-state index in [0.717, 1.165) is 25.7 Å². The highest BCUT2D eigenvalue weighted by Gasteiger charge is 2.29. The minimum absolute atomic E-state index is 0.00581. The van der Waals surface area contributed by atoms with Gasteiger partial charge >= 0.3 is 0 Å². The highest BCUT2D eigenvalue weighted by Crippen LogP contribution is 2.18. The molecule has 0 spiro atoms. The zero-order valence-corrected chi connectivity index (χ0v) is 15.4. The Balaban J connectivity index is 1.44. The van der Waals surface area contributed by atoms with Gasteiger partial charge in [-0.2, -0.15) is 5.26 Å². The van der Waals surface area contributed by atoms with E-state index in [0.29, 0.717) is 30.2 Å². The lowest BCUT2D eigenvalue weighted by molar-refractivity contribution is -0.130. The van der Waals surface area contributed by atoms with Crippen molar-refractivity contribution < 1.29 is 9.59 Å². The molecule has 0 saturated carbocycles. The second-order valence-electron chi connectivity index (χ2n) is 6.83. The molecular formula is C19H23ClN4O2. The molecule has 2 saturated heterocycles. The quantitative estimate of drug-likeness (QED) is 0.875. The second kappa shape index (κ2) is 8.52. The fraction of sp³-hybridized carbons (Fsp3) is 0.526. The first-order chi connectivity index (χ1) is 12.6. The minimum atomic E-state index is -0.275. The van der Waals surface area contributed by atoms with E-state index in [4.69, 9.17) is 16.9 Å². The summed E-state index contributed by atoms with van der Waals surface area (Å²) in [5.41, 5.74) is 0.646. The largest absolute Gasteiger partial charge is 0.339 e. The molecule has 2 amide bonds. The van der Waals surface area contributed by atoms with Gasteiger partial charge in [0.2, 0.25) is 5.91 Å². The van der Waals surface area contributed by atoms with Gasteiger partial charge in [-0.1, -0.05) is 11.6 Å². The van der Waals surface area contributed by atoms with Gasteiger partial charge in [0.25, 0.3) is 5.91 Å². The highest BCUT2D eigenvalue weighted by molar-refractivity contribution is 6.30. The van der Waals surface area contributed by atoms with E-state index in [1.807, 2.05) is 4.90 Å². The number of benzene rings is 1. The molecule has 1 N–H and O–H groups in total. The third-order valence-electron chi connectivity index (χ3n) is 5.14. The van der Waals surface area contributed by atoms with Crippen molar-refractivity contribution in [3.05, 3.63) is 34.9 Å². The molecule has 1 aromatic carbocycles. The van der Waals surface area contributed by atoms with Crippen molar-refractivity contribution in [1.82, 2.24) is 15.1 Å². The smallest absolute Gasteiger partial charge is 0.253 e. The lowest BCUT2D eigenvalue weighted by Crippen LogP contribution is -2.48. The second-order valence-corrected chi connectivity index (χ2v) is 7.26. The van der Waals surface area contributed by atoms with Gasteiger partial charge < -0.3 is 15.1 Å². The number of carbonyl (C=O) groups excluding carboxylic acids is 2. The average molecular weight is 375 g/mol. The van der Waals surface area contributed by atoms with Gasteiger partial charge in [-0.25, -0.2) is 0 Å². The third-order valence-corrected chi connectivity index (χ3v) is 5.39. The molecule has 1 aromatic rings. The summed E-state index contributed by atoms with van der Waals surface area (Å²) in [6, 6.07) is 9.08. The van der Waals surface area contributed by atoms with Crippen molar-refractivity contribution in [2.45, 2.75) is 37.8 Å². The topological polar surface area (TPSA) is 76.4 Å². The number of nitriles is 1. The zero-order valence-electron chi connectivity index (χ0n) is 14.7. The number of rotatable bonds is 4. The van der Waals surface area contributed by atoms with Crippen LogP contribution in [0.15, 0.2) is 24.3 Å². The van der Waals surface area contributed by atoms with Crippen molar-refractivity contribution in [3.63, 3.8) is 0 Å². The molecule has 138 valence electrons. The zero-order chi connectivity index (χ0) is 18.5. The molecule has 0 aromatic heterocycles. The molecule has 3 rings (SSSR count). The van der Waals surface area contributed by atoms with E-state index in [-0.39, 0.29) is 30.4 Å². The van der Waals surface area contributed by atoms with Crippen LogP contribution in [0.5, 0.6) is 0 Å². The number of halogens is 1. The summed E-state index contributed by atoms with van der Waals surface area (Å²) in [6.45, 7) is 2.26. The fourth-order valence-corrected chi connectivity index (χ4v) is 3.72. The van der Waals surface area contributed by atoms with E-state index in [1.54, 1.807) is 29.2 Å². The summed E-state index contributed by atoms with van der Waals surface area (Å²) in [5.74, 6) is 0.0128. The highest BCUT2D eigenvalue weighted by atomic mass is 35.5. The van der Waals surface area contributed by atoms with Crippen molar-refractivity contribution in [2.24, 2.45) is 0 Å². The van der Waals surface area contributed by atoms with Crippen LogP contribution in [0.25, 0.3) is 0 Å². The Bertz CT molecular complexity index is 692. The number of carbonyl (C=O) groups is 2. The molecular weight excluding hydrogens is 352 g/mol. The standard InChI is InChI=1S/C19H23ClN4O2/c20-15-5-3-14(4-6-15)19(26)23-10-7-16(8-11-23)22-13-18(25)24-9-1-2-17(24)12-21/h3-6,16-17,22H,1-2,7-11,13H2/t17-/m0/s1. The maximum atomic E-state index is 12.5. The Hall–Kier alpha value is -2.10. The first kappa shape index (κ1) is 18.7. The number of piperidine rings is 1. The maximum Gasteiger partial charge on any atom is 0.253 e. The monoisotopic (exact) mass is 374 g/mol. The normalized spacial score (nSPS) is 20.8. The molecule has 2 heterocycles. The first-order valence-corrected chi connectivity index (χ1v) is 9.43. The Morgan fingerprint density at radius 2 is 1.85 bits per heavy atom. The van der Waals surface area contributed by atoms with E-state index in [2.05, 4.69) is 11.4 Å². The lowest BCUT2D eigenvalue weighted by Gasteiger charge is -2.33. The van der Waals surface area contributed by atoms with Crippen LogP contribution in [0.1, 0.15) is 36.0 Å². The van der Waals surface area contributed by atoms with E-state index >= 15 is 0 Å². The minimum Gasteiger partial charge on any atom is -0.339 e. The summed E-state index contributed by atoms with van der Waals surface area (Å²) < 4.78 is 0. The van der Waals surface area contributed by atoms with Crippen LogP contribution in [0.2, 0.25) is 5.02 Å². The molecule has 0 bridgehead atoms. The summed E-state index contributed by atoms with van der Waals surface area (Å²) in [7, 11) is 0. The number of likely N-dealkylation sites (tertiary alicyclic amines) is 2. The molecule has 2 fully saturated rings. The predicted octanol–water partition coefficient (Wildman–Crippen LogP) is 2.05. The number of nitrogens with zero attached hydrogens (tertiary/aromatic N) is 3. The van der Waals surface area contributed by atoms with Crippen molar-refractivity contribution >= 4 is 23.4 Å². The molecule has 1 atom stereocenters. The van der Waals surface area contributed by atoms with Gasteiger partial charge in [0.05, 0.1) is 12.6 Å². The van der Waals surface area contributed by atoms with E-state index in [1.165, 1.54) is 0 Å². The van der Waals surface area contributed by atoms with E-state index < -0.39 is 0 Å². The van der Waals surface area contributed by atoms with Gasteiger partial charge in [0.1, 0.15) is 6.04 Å². The van der Waals surface area contributed by atoms with Crippen LogP contribution in [-0.4, -0.2) is 59.9 Å². The summed E-state index contributed by atoms with van der Waals surface area (Å²) in [4.78, 5) is 28.3. The van der Waals surface area contributed by atoms with E-state index in [9.17, 15) is 9.59 Å². The average Bonchev–Trinajstić information content (AvgIpc) is 3.15. The van der Waals surface area contributed by atoms with Crippen LogP contribution >= 0.6 is 11.6 Å². The number of amides is 2. The van der Waals surface area contributed by atoms with Crippen LogP contribution in [0.4, 0.5) is 0 Å². The van der Waals surface area contributed by atoms with Gasteiger partial charge in [0.15, 0.2) is 0 Å². The SMILES string of the molecule is N#C[C@@H]1CCCN1C(=O)CNC1CCN(C(=O)c2ccc(Cl)cc2)CC1. The van der Waals surface area contributed by atoms with Crippen LogP contribution < -0.4 is 5.32 Å². The van der Waals surface area contributed by atoms with Crippen molar-refractivity contribution in [2.75, 3.05) is 26.2 Å². The Morgan fingerprint density at radius 1 is 1.15 bits per heavy atom. The maximum absolute atomic E-state index is 12.5. The molecule has 7 heteroatoms. The molecule has 6 nitrogen and oxygen atoms in total. The Morgan fingerprint density at radius 3 is 2.50 bits per heavy atom. The van der Waals surface area contributed by atoms with Gasteiger partial charge in [0, 0.05) is 36.3 Å². The molecule has 2 aliphatic heterocycles.